The maximum Gasteiger partial charge on any atom is 0.151 e. The topological polar surface area (TPSA) is 41.0 Å². The molecule has 0 aliphatic rings. The molecule has 0 unspecified atom stereocenters. The summed E-state index contributed by atoms with van der Waals surface area (Å²) in [6.07, 6.45) is 2.28. The highest BCUT2D eigenvalue weighted by Crippen LogP contribution is 2.10. The van der Waals surface area contributed by atoms with Crippen LogP contribution in [0.25, 0.3) is 0 Å². The third-order valence-corrected chi connectivity index (χ3v) is 2.88. The zero-order chi connectivity index (χ0) is 14.1. The van der Waals surface area contributed by atoms with Gasteiger partial charge in [-0.25, -0.2) is 0 Å². The van der Waals surface area contributed by atoms with Gasteiger partial charge in [-0.05, 0) is 37.4 Å². The molecule has 0 fully saturated rings. The van der Waals surface area contributed by atoms with Gasteiger partial charge in [0.2, 0.25) is 0 Å². The van der Waals surface area contributed by atoms with Gasteiger partial charge in [0.25, 0.3) is 0 Å². The number of aromatic nitrogens is 2. The van der Waals surface area contributed by atoms with Gasteiger partial charge >= 0.3 is 0 Å². The Labute approximate surface area is 117 Å². The molecule has 0 amide bonds. The zero-order valence-electron chi connectivity index (χ0n) is 12.8. The van der Waals surface area contributed by atoms with Gasteiger partial charge in [0.1, 0.15) is 0 Å². The minimum Gasteiger partial charge on any atom is -0.355 e. The molecule has 1 aromatic rings. The zero-order valence-corrected chi connectivity index (χ0v) is 12.8. The monoisotopic (exact) mass is 264 g/mol. The normalized spacial score (nSPS) is 11.0. The summed E-state index contributed by atoms with van der Waals surface area (Å²) >= 11 is 0. The molecule has 0 aromatic carbocycles. The highest BCUT2D eigenvalue weighted by molar-refractivity contribution is 5.37. The van der Waals surface area contributed by atoms with E-state index in [0.717, 1.165) is 50.5 Å². The lowest BCUT2D eigenvalue weighted by molar-refractivity contribution is 0.546. The minimum absolute atomic E-state index is 0.664. The first kappa shape index (κ1) is 15.9. The lowest BCUT2D eigenvalue weighted by atomic mass is 10.2. The minimum atomic E-state index is 0.664. The van der Waals surface area contributed by atoms with E-state index in [2.05, 4.69) is 60.2 Å². The Morgan fingerprint density at radius 2 is 1.79 bits per heavy atom. The van der Waals surface area contributed by atoms with Crippen LogP contribution in [0.15, 0.2) is 12.1 Å². The summed E-state index contributed by atoms with van der Waals surface area (Å²) in [4.78, 5) is 2.30. The highest BCUT2D eigenvalue weighted by Gasteiger charge is 2.06. The van der Waals surface area contributed by atoms with Crippen molar-refractivity contribution >= 4 is 5.82 Å². The smallest absolute Gasteiger partial charge is 0.151 e. The van der Waals surface area contributed by atoms with E-state index in [1.54, 1.807) is 0 Å². The molecule has 4 nitrogen and oxygen atoms in total. The molecule has 0 aliphatic carbocycles. The number of hydrogen-bond acceptors (Lipinski definition) is 4. The van der Waals surface area contributed by atoms with Gasteiger partial charge in [0.15, 0.2) is 5.82 Å². The number of nitrogens with one attached hydrogen (secondary N) is 1. The van der Waals surface area contributed by atoms with E-state index in [1.165, 1.54) is 0 Å². The molecule has 0 spiro atoms. The van der Waals surface area contributed by atoms with E-state index in [-0.39, 0.29) is 0 Å². The predicted octanol–water partition coefficient (Wildman–Crippen LogP) is 2.85. The largest absolute Gasteiger partial charge is 0.355 e. The summed E-state index contributed by atoms with van der Waals surface area (Å²) in [6.45, 7) is 12.7. The Hall–Kier alpha value is -1.16. The van der Waals surface area contributed by atoms with E-state index in [4.69, 9.17) is 0 Å². The van der Waals surface area contributed by atoms with Crippen LogP contribution in [-0.4, -0.2) is 29.8 Å². The number of hydrogen-bond donors (Lipinski definition) is 1. The van der Waals surface area contributed by atoms with Crippen molar-refractivity contribution in [2.45, 2.75) is 47.1 Å². The molecule has 1 aromatic heterocycles. The van der Waals surface area contributed by atoms with Gasteiger partial charge in [-0.3, -0.25) is 0 Å². The standard InChI is InChI=1S/C15H28N4/c1-5-9-19(10-6-2)15-8-7-14(17-18-15)12-16-11-13(3)4/h7-8,13,16H,5-6,9-12H2,1-4H3. The molecule has 0 bridgehead atoms. The molecule has 0 atom stereocenters. The van der Waals surface area contributed by atoms with E-state index in [9.17, 15) is 0 Å². The van der Waals surface area contributed by atoms with Crippen molar-refractivity contribution in [3.05, 3.63) is 17.8 Å². The SMILES string of the molecule is CCCN(CCC)c1ccc(CNCC(C)C)nn1. The molecule has 19 heavy (non-hydrogen) atoms. The number of anilines is 1. The van der Waals surface area contributed by atoms with E-state index in [1.807, 2.05) is 0 Å². The van der Waals surface area contributed by atoms with Crippen LogP contribution in [0.3, 0.4) is 0 Å². The fourth-order valence-electron chi connectivity index (χ4n) is 1.99. The Kier molecular flexibility index (Phi) is 7.41. The average Bonchev–Trinajstić information content (AvgIpc) is 2.39. The molecule has 0 saturated carbocycles. The lowest BCUT2D eigenvalue weighted by Gasteiger charge is -2.21. The van der Waals surface area contributed by atoms with Crippen LogP contribution in [-0.2, 0) is 6.54 Å². The lowest BCUT2D eigenvalue weighted by Crippen LogP contribution is -2.26. The second-order valence-corrected chi connectivity index (χ2v) is 5.39. The molecular formula is C15H28N4. The fraction of sp³-hybridized carbons (Fsp3) is 0.733. The summed E-state index contributed by atoms with van der Waals surface area (Å²) < 4.78 is 0. The molecule has 1 N–H and O–H groups in total. The van der Waals surface area contributed by atoms with Crippen molar-refractivity contribution < 1.29 is 0 Å². The number of rotatable bonds is 9. The van der Waals surface area contributed by atoms with Crippen LogP contribution in [0.1, 0.15) is 46.2 Å². The Bertz CT molecular complexity index is 329. The van der Waals surface area contributed by atoms with Gasteiger partial charge in [0, 0.05) is 19.6 Å². The molecule has 108 valence electrons. The van der Waals surface area contributed by atoms with Gasteiger partial charge in [-0.2, -0.15) is 5.10 Å². The molecular weight excluding hydrogens is 236 g/mol. The van der Waals surface area contributed by atoms with Gasteiger partial charge < -0.3 is 10.2 Å². The first-order chi connectivity index (χ1) is 9.17. The highest BCUT2D eigenvalue weighted by atomic mass is 15.3. The van der Waals surface area contributed by atoms with E-state index in [0.29, 0.717) is 5.92 Å². The van der Waals surface area contributed by atoms with Crippen molar-refractivity contribution in [1.82, 2.24) is 15.5 Å². The summed E-state index contributed by atoms with van der Waals surface area (Å²) in [6, 6.07) is 4.17. The summed E-state index contributed by atoms with van der Waals surface area (Å²) in [5.74, 6) is 1.66. The van der Waals surface area contributed by atoms with Crippen LogP contribution < -0.4 is 10.2 Å². The molecule has 4 heteroatoms. The van der Waals surface area contributed by atoms with Crippen molar-refractivity contribution in [2.75, 3.05) is 24.5 Å². The van der Waals surface area contributed by atoms with Crippen molar-refractivity contribution in [3.63, 3.8) is 0 Å². The van der Waals surface area contributed by atoms with Gasteiger partial charge in [-0.15, -0.1) is 5.10 Å². The summed E-state index contributed by atoms with van der Waals surface area (Å²) in [5, 5.41) is 12.0. The maximum atomic E-state index is 4.35. The first-order valence-corrected chi connectivity index (χ1v) is 7.45. The molecule has 0 aliphatic heterocycles. The van der Waals surface area contributed by atoms with Crippen LogP contribution in [0, 0.1) is 5.92 Å². The average molecular weight is 264 g/mol. The number of nitrogens with zero attached hydrogens (tertiary/aromatic N) is 3. The second kappa shape index (κ2) is 8.86. The fourth-order valence-corrected chi connectivity index (χ4v) is 1.99. The second-order valence-electron chi connectivity index (χ2n) is 5.39. The van der Waals surface area contributed by atoms with Crippen molar-refractivity contribution in [2.24, 2.45) is 5.92 Å². The van der Waals surface area contributed by atoms with Crippen LogP contribution >= 0.6 is 0 Å². The third-order valence-electron chi connectivity index (χ3n) is 2.88. The van der Waals surface area contributed by atoms with Crippen LogP contribution in [0.5, 0.6) is 0 Å². The maximum absolute atomic E-state index is 4.35. The van der Waals surface area contributed by atoms with E-state index < -0.39 is 0 Å². The van der Waals surface area contributed by atoms with E-state index >= 15 is 0 Å². The Balaban J connectivity index is 2.53. The first-order valence-electron chi connectivity index (χ1n) is 7.45. The molecule has 0 radical (unpaired) electrons. The summed E-state index contributed by atoms with van der Waals surface area (Å²) in [7, 11) is 0. The summed E-state index contributed by atoms with van der Waals surface area (Å²) in [5.41, 5.74) is 1.01. The quantitative estimate of drug-likeness (QED) is 0.744. The van der Waals surface area contributed by atoms with Crippen molar-refractivity contribution in [3.8, 4) is 0 Å². The Morgan fingerprint density at radius 1 is 1.11 bits per heavy atom. The molecule has 1 heterocycles. The van der Waals surface area contributed by atoms with Crippen LogP contribution in [0.2, 0.25) is 0 Å². The van der Waals surface area contributed by atoms with Crippen LogP contribution in [0.4, 0.5) is 5.82 Å². The van der Waals surface area contributed by atoms with Gasteiger partial charge in [0.05, 0.1) is 5.69 Å². The molecule has 1 rings (SSSR count). The predicted molar refractivity (Wildman–Crippen MR) is 81.4 cm³/mol. The molecule has 0 saturated heterocycles. The van der Waals surface area contributed by atoms with Crippen molar-refractivity contribution in [1.29, 1.82) is 0 Å². The van der Waals surface area contributed by atoms with Gasteiger partial charge in [-0.1, -0.05) is 27.7 Å². The Morgan fingerprint density at radius 3 is 2.26 bits per heavy atom. The third kappa shape index (κ3) is 6.01.